The third-order valence-corrected chi connectivity index (χ3v) is 7.92. The molecule has 3 aromatic rings. The molecule has 1 aliphatic carbocycles. The SMILES string of the molecule is C=CC1(C)C(C2=c3nc[nH]c(=O)c3=C(C#N)C2=NCc2ccc(Oc3ccccc3)c(OCCCCO)c2)O[C@H](CO)[C@H]1O. The van der Waals surface area contributed by atoms with Gasteiger partial charge in [0.15, 0.2) is 11.5 Å². The van der Waals surface area contributed by atoms with Gasteiger partial charge in [-0.3, -0.25) is 9.79 Å². The molecule has 2 aliphatic rings. The number of benzene rings is 2. The Morgan fingerprint density at radius 2 is 2.00 bits per heavy atom. The van der Waals surface area contributed by atoms with Gasteiger partial charge in [0, 0.05) is 17.6 Å². The minimum Gasteiger partial charge on any atom is -0.490 e. The standard InChI is InChI=1S/C33H34N4O7/c1-3-33(2)30(40)25(18-39)44-31(33)27-28(22(16-34)26-29(27)36-19-37-32(26)41)35-17-20-11-12-23(43-21-9-5-4-6-10-21)24(15-20)42-14-8-7-13-38/h3-6,9-12,15,19,25,30-31,38-40H,1,7-8,13-14,17-18H2,2H3,(H,36,37,41)/t25-,30-,31?,33?/m1/s1. The number of rotatable bonds is 12. The second-order valence-electron chi connectivity index (χ2n) is 10.7. The predicted molar refractivity (Wildman–Crippen MR) is 163 cm³/mol. The molecule has 0 saturated carbocycles. The van der Waals surface area contributed by atoms with Crippen molar-refractivity contribution in [3.05, 3.63) is 94.0 Å². The molecule has 1 fully saturated rings. The van der Waals surface area contributed by atoms with E-state index in [9.17, 15) is 20.3 Å². The number of aliphatic hydroxyl groups is 3. The van der Waals surface area contributed by atoms with E-state index in [0.29, 0.717) is 42.3 Å². The summed E-state index contributed by atoms with van der Waals surface area (Å²) >= 11 is 0. The van der Waals surface area contributed by atoms with E-state index in [1.54, 1.807) is 25.1 Å². The number of aromatic nitrogens is 2. The molecule has 44 heavy (non-hydrogen) atoms. The van der Waals surface area contributed by atoms with Crippen LogP contribution < -0.4 is 25.6 Å². The Morgan fingerprint density at radius 1 is 1.20 bits per heavy atom. The fraction of sp³-hybridized carbons (Fsp3) is 0.333. The maximum absolute atomic E-state index is 12.9. The van der Waals surface area contributed by atoms with Gasteiger partial charge in [-0.1, -0.05) is 37.3 Å². The van der Waals surface area contributed by atoms with Crippen LogP contribution in [-0.2, 0) is 11.3 Å². The number of nitrogens with one attached hydrogen (secondary N) is 1. The van der Waals surface area contributed by atoms with Crippen LogP contribution in [-0.4, -0.2) is 69.1 Å². The van der Waals surface area contributed by atoms with Crippen molar-refractivity contribution in [2.45, 2.75) is 44.6 Å². The highest BCUT2D eigenvalue weighted by atomic mass is 16.5. The molecule has 2 aromatic carbocycles. The highest BCUT2D eigenvalue weighted by Gasteiger charge is 2.54. The maximum Gasteiger partial charge on any atom is 0.260 e. The molecule has 5 rings (SSSR count). The first-order chi connectivity index (χ1) is 21.4. The Morgan fingerprint density at radius 3 is 2.70 bits per heavy atom. The van der Waals surface area contributed by atoms with Crippen LogP contribution in [0.4, 0.5) is 0 Å². The summed E-state index contributed by atoms with van der Waals surface area (Å²) in [6, 6.07) is 16.8. The molecule has 1 aromatic heterocycles. The number of H-pyrrole nitrogens is 1. The number of unbranched alkanes of at least 4 members (excludes halogenated alkanes) is 1. The van der Waals surface area contributed by atoms with E-state index in [2.05, 4.69) is 22.6 Å². The smallest absolute Gasteiger partial charge is 0.260 e. The number of nitriles is 1. The Kier molecular flexibility index (Phi) is 9.37. The summed E-state index contributed by atoms with van der Waals surface area (Å²) < 4.78 is 18.2. The van der Waals surface area contributed by atoms with Gasteiger partial charge in [-0.15, -0.1) is 6.58 Å². The van der Waals surface area contributed by atoms with Crippen LogP contribution in [0.25, 0.3) is 11.1 Å². The molecule has 11 nitrogen and oxygen atoms in total. The van der Waals surface area contributed by atoms with Crippen molar-refractivity contribution in [1.82, 2.24) is 9.97 Å². The lowest BCUT2D eigenvalue weighted by atomic mass is 9.76. The first-order valence-corrected chi connectivity index (χ1v) is 14.3. The lowest BCUT2D eigenvalue weighted by molar-refractivity contribution is -0.00943. The lowest BCUT2D eigenvalue weighted by Crippen LogP contribution is -2.45. The Labute approximate surface area is 253 Å². The van der Waals surface area contributed by atoms with Gasteiger partial charge in [0.25, 0.3) is 5.56 Å². The van der Waals surface area contributed by atoms with Gasteiger partial charge in [0.1, 0.15) is 17.9 Å². The van der Waals surface area contributed by atoms with Crippen LogP contribution in [0.2, 0.25) is 0 Å². The topological polar surface area (TPSA) is 170 Å². The van der Waals surface area contributed by atoms with Gasteiger partial charge in [-0.25, -0.2) is 4.98 Å². The fourth-order valence-corrected chi connectivity index (χ4v) is 5.45. The quantitative estimate of drug-likeness (QED) is 0.178. The minimum absolute atomic E-state index is 0.0332. The van der Waals surface area contributed by atoms with E-state index in [1.807, 2.05) is 36.4 Å². The third-order valence-electron chi connectivity index (χ3n) is 7.92. The van der Waals surface area contributed by atoms with Crippen molar-refractivity contribution < 1.29 is 29.5 Å². The number of fused-ring (bicyclic) bond motifs is 1. The van der Waals surface area contributed by atoms with Gasteiger partial charge < -0.3 is 34.5 Å². The first kappa shape index (κ1) is 30.8. The predicted octanol–water partition coefficient (Wildman–Crippen LogP) is 1.51. The Balaban J connectivity index is 1.56. The summed E-state index contributed by atoms with van der Waals surface area (Å²) in [6.45, 7) is 5.72. The number of aromatic amines is 1. The molecule has 228 valence electrons. The highest BCUT2D eigenvalue weighted by molar-refractivity contribution is 6.44. The molecule has 2 unspecified atom stereocenters. The van der Waals surface area contributed by atoms with Crippen LogP contribution in [0.5, 0.6) is 17.2 Å². The molecule has 1 saturated heterocycles. The van der Waals surface area contributed by atoms with Crippen molar-refractivity contribution in [2.75, 3.05) is 19.8 Å². The van der Waals surface area contributed by atoms with Crippen LogP contribution in [0.3, 0.4) is 0 Å². The van der Waals surface area contributed by atoms with Crippen LogP contribution in [0.15, 0.2) is 77.3 Å². The maximum atomic E-state index is 12.9. The average molecular weight is 599 g/mol. The van der Waals surface area contributed by atoms with Gasteiger partial charge >= 0.3 is 0 Å². The van der Waals surface area contributed by atoms with Crippen molar-refractivity contribution in [2.24, 2.45) is 10.4 Å². The van der Waals surface area contributed by atoms with Gasteiger partial charge in [0.05, 0.1) is 60.1 Å². The molecule has 0 spiro atoms. The number of para-hydroxylation sites is 1. The number of hydrogen-bond donors (Lipinski definition) is 4. The number of hydrogen-bond acceptors (Lipinski definition) is 10. The zero-order chi connectivity index (χ0) is 31.3. The zero-order valence-corrected chi connectivity index (χ0v) is 24.3. The molecule has 11 heteroatoms. The Hall–Kier alpha value is -4.60. The number of aliphatic imine (C=N–C) groups is 1. The van der Waals surface area contributed by atoms with E-state index < -0.39 is 35.9 Å². The fourth-order valence-electron chi connectivity index (χ4n) is 5.45. The Bertz CT molecular complexity index is 1780. The molecule has 4 N–H and O–H groups in total. The summed E-state index contributed by atoms with van der Waals surface area (Å²) in [4.78, 5) is 24.6. The van der Waals surface area contributed by atoms with E-state index >= 15 is 0 Å². The van der Waals surface area contributed by atoms with Crippen LogP contribution in [0, 0.1) is 16.7 Å². The molecule has 0 bridgehead atoms. The summed E-state index contributed by atoms with van der Waals surface area (Å²) in [5, 5.41) is 40.6. The van der Waals surface area contributed by atoms with E-state index in [0.717, 1.165) is 5.56 Å². The molecular weight excluding hydrogens is 564 g/mol. The van der Waals surface area contributed by atoms with Gasteiger partial charge in [-0.2, -0.15) is 5.26 Å². The number of ether oxygens (including phenoxy) is 3. The summed E-state index contributed by atoms with van der Waals surface area (Å²) in [6.07, 6.45) is 1.10. The van der Waals surface area contributed by atoms with E-state index in [4.69, 9.17) is 24.3 Å². The molecule has 0 radical (unpaired) electrons. The largest absolute Gasteiger partial charge is 0.490 e. The molecular formula is C33H34N4O7. The highest BCUT2D eigenvalue weighted by Crippen LogP contribution is 2.44. The third kappa shape index (κ3) is 5.80. The normalized spacial score (nSPS) is 23.4. The number of aliphatic hydroxyl groups excluding tert-OH is 3. The molecule has 2 heterocycles. The van der Waals surface area contributed by atoms with Crippen LogP contribution >= 0.6 is 0 Å². The second kappa shape index (κ2) is 13.4. The van der Waals surface area contributed by atoms with Crippen molar-refractivity contribution in [3.63, 3.8) is 0 Å². The molecule has 4 atom stereocenters. The average Bonchev–Trinajstić information content (AvgIpc) is 3.50. The first-order valence-electron chi connectivity index (χ1n) is 14.3. The van der Waals surface area contributed by atoms with E-state index in [-0.39, 0.29) is 35.0 Å². The number of nitrogens with zero attached hydrogens (tertiary/aromatic N) is 3. The van der Waals surface area contributed by atoms with Gasteiger partial charge in [0.2, 0.25) is 0 Å². The second-order valence-corrected chi connectivity index (χ2v) is 10.7. The van der Waals surface area contributed by atoms with Crippen molar-refractivity contribution in [3.8, 4) is 23.3 Å². The van der Waals surface area contributed by atoms with Crippen molar-refractivity contribution >= 4 is 16.9 Å². The van der Waals surface area contributed by atoms with Crippen LogP contribution in [0.1, 0.15) is 25.3 Å². The summed E-state index contributed by atoms with van der Waals surface area (Å²) in [5.74, 6) is 1.63. The lowest BCUT2D eigenvalue weighted by Gasteiger charge is -2.30. The molecule has 0 amide bonds. The monoisotopic (exact) mass is 598 g/mol. The molecule has 1 aliphatic heterocycles. The van der Waals surface area contributed by atoms with E-state index in [1.165, 1.54) is 6.33 Å². The summed E-state index contributed by atoms with van der Waals surface area (Å²) in [5.41, 5.74) is -0.243. The minimum atomic E-state index is -1.11. The van der Waals surface area contributed by atoms with Crippen molar-refractivity contribution in [1.29, 1.82) is 5.26 Å². The van der Waals surface area contributed by atoms with Gasteiger partial charge in [-0.05, 0) is 42.7 Å². The summed E-state index contributed by atoms with van der Waals surface area (Å²) in [7, 11) is 0. The zero-order valence-electron chi connectivity index (χ0n) is 24.3.